The minimum Gasteiger partial charge on any atom is -0.493 e. The van der Waals surface area contributed by atoms with E-state index in [1.807, 2.05) is 38.1 Å². The smallest absolute Gasteiger partial charge is 0.276 e. The van der Waals surface area contributed by atoms with Gasteiger partial charge in [-0.3, -0.25) is 9.69 Å². The van der Waals surface area contributed by atoms with Gasteiger partial charge in [-0.2, -0.15) is 0 Å². The number of hydrogen-bond acceptors (Lipinski definition) is 3. The number of ether oxygens (including phenoxy) is 1. The maximum atomic E-state index is 12.2. The van der Waals surface area contributed by atoms with Crippen molar-refractivity contribution < 1.29 is 9.53 Å². The van der Waals surface area contributed by atoms with E-state index >= 15 is 0 Å². The number of benzene rings is 1. The van der Waals surface area contributed by atoms with E-state index in [9.17, 15) is 4.79 Å². The molecule has 1 aromatic carbocycles. The Bertz CT molecular complexity index is 555. The predicted molar refractivity (Wildman–Crippen MR) is 83.3 cm³/mol. The predicted octanol–water partition coefficient (Wildman–Crippen LogP) is 2.55. The molecule has 1 amide bonds. The summed E-state index contributed by atoms with van der Waals surface area (Å²) in [4.78, 5) is 13.8. The number of rotatable bonds is 5. The number of nitrogens with one attached hydrogen (secondary N) is 1. The lowest BCUT2D eigenvalue weighted by atomic mass is 10.1. The third-order valence-corrected chi connectivity index (χ3v) is 3.25. The second-order valence-corrected chi connectivity index (χ2v) is 4.80. The van der Waals surface area contributed by atoms with Crippen molar-refractivity contribution >= 4 is 29.3 Å². The molecule has 0 unspecified atom stereocenters. The highest BCUT2D eigenvalue weighted by atomic mass is 32.1. The summed E-state index contributed by atoms with van der Waals surface area (Å²) in [5.41, 5.74) is 1.36. The van der Waals surface area contributed by atoms with Crippen molar-refractivity contribution in [3.8, 4) is 5.75 Å². The van der Waals surface area contributed by atoms with Crippen molar-refractivity contribution in [2.75, 3.05) is 13.2 Å². The molecule has 2 rings (SSSR count). The van der Waals surface area contributed by atoms with Crippen LogP contribution in [-0.4, -0.2) is 29.1 Å². The van der Waals surface area contributed by atoms with Crippen LogP contribution in [0.2, 0.25) is 0 Å². The van der Waals surface area contributed by atoms with Crippen molar-refractivity contribution in [1.82, 2.24) is 10.2 Å². The largest absolute Gasteiger partial charge is 0.493 e. The first-order chi connectivity index (χ1) is 9.67. The van der Waals surface area contributed by atoms with Gasteiger partial charge in [0, 0.05) is 12.1 Å². The first kappa shape index (κ1) is 14.5. The highest BCUT2D eigenvalue weighted by Gasteiger charge is 2.29. The normalized spacial score (nSPS) is 16.7. The lowest BCUT2D eigenvalue weighted by molar-refractivity contribution is -0.122. The van der Waals surface area contributed by atoms with E-state index in [4.69, 9.17) is 17.0 Å². The zero-order valence-corrected chi connectivity index (χ0v) is 12.5. The van der Waals surface area contributed by atoms with Crippen LogP contribution in [0.4, 0.5) is 0 Å². The van der Waals surface area contributed by atoms with Gasteiger partial charge in [0.25, 0.3) is 5.91 Å². The summed E-state index contributed by atoms with van der Waals surface area (Å²) in [7, 11) is 0. The third kappa shape index (κ3) is 2.99. The fourth-order valence-electron chi connectivity index (χ4n) is 2.04. The second kappa shape index (κ2) is 6.52. The van der Waals surface area contributed by atoms with Crippen molar-refractivity contribution in [1.29, 1.82) is 0 Å². The number of carbonyl (C=O) groups excluding carboxylic acids is 1. The number of nitrogens with zero attached hydrogens (tertiary/aromatic N) is 1. The minimum absolute atomic E-state index is 0.0804. The molecule has 0 radical (unpaired) electrons. The Labute approximate surface area is 124 Å². The van der Waals surface area contributed by atoms with E-state index in [0.29, 0.717) is 24.0 Å². The molecule has 0 atom stereocenters. The monoisotopic (exact) mass is 290 g/mol. The number of para-hydroxylation sites is 1. The molecular formula is C15H18N2O2S. The van der Waals surface area contributed by atoms with Crippen molar-refractivity contribution in [3.05, 3.63) is 35.5 Å². The van der Waals surface area contributed by atoms with Crippen LogP contribution < -0.4 is 10.1 Å². The van der Waals surface area contributed by atoms with Gasteiger partial charge >= 0.3 is 0 Å². The molecule has 1 fully saturated rings. The molecule has 4 nitrogen and oxygen atoms in total. The Morgan fingerprint density at radius 2 is 2.10 bits per heavy atom. The Balaban J connectivity index is 2.28. The van der Waals surface area contributed by atoms with Gasteiger partial charge in [-0.25, -0.2) is 0 Å². The van der Waals surface area contributed by atoms with E-state index in [2.05, 4.69) is 5.32 Å². The fraction of sp³-hybridized carbons (Fsp3) is 0.333. The summed E-state index contributed by atoms with van der Waals surface area (Å²) in [5.74, 6) is 0.681. The van der Waals surface area contributed by atoms with Gasteiger partial charge in [0.2, 0.25) is 0 Å². The molecule has 1 heterocycles. The maximum Gasteiger partial charge on any atom is 0.276 e. The third-order valence-electron chi connectivity index (χ3n) is 2.93. The van der Waals surface area contributed by atoms with Crippen LogP contribution >= 0.6 is 12.2 Å². The van der Waals surface area contributed by atoms with E-state index in [1.165, 1.54) is 0 Å². The van der Waals surface area contributed by atoms with E-state index in [-0.39, 0.29) is 5.91 Å². The molecule has 1 aromatic rings. The van der Waals surface area contributed by atoms with Crippen molar-refractivity contribution in [3.63, 3.8) is 0 Å². The average Bonchev–Trinajstić information content (AvgIpc) is 2.69. The Morgan fingerprint density at radius 1 is 1.35 bits per heavy atom. The zero-order valence-electron chi connectivity index (χ0n) is 11.7. The molecule has 0 aromatic heterocycles. The summed E-state index contributed by atoms with van der Waals surface area (Å²) in [5, 5.41) is 3.44. The van der Waals surface area contributed by atoms with Crippen molar-refractivity contribution in [2.24, 2.45) is 0 Å². The van der Waals surface area contributed by atoms with E-state index in [1.54, 1.807) is 11.0 Å². The SMILES string of the molecule is CCCN1C(=O)/C(=C/c2ccccc2OCC)NC1=S. The first-order valence-corrected chi connectivity index (χ1v) is 7.14. The number of thiocarbonyl (C=S) groups is 1. The minimum atomic E-state index is -0.0804. The quantitative estimate of drug-likeness (QED) is 0.668. The van der Waals surface area contributed by atoms with Gasteiger partial charge in [0.1, 0.15) is 11.4 Å². The number of hydrogen-bond donors (Lipinski definition) is 1. The molecule has 0 bridgehead atoms. The molecule has 1 aliphatic heterocycles. The number of amides is 1. The summed E-state index contributed by atoms with van der Waals surface area (Å²) >= 11 is 5.18. The van der Waals surface area contributed by atoms with E-state index < -0.39 is 0 Å². The molecule has 1 saturated heterocycles. The van der Waals surface area contributed by atoms with Crippen LogP contribution in [0, 0.1) is 0 Å². The Kier molecular flexibility index (Phi) is 4.74. The maximum absolute atomic E-state index is 12.2. The lowest BCUT2D eigenvalue weighted by Gasteiger charge is -2.11. The second-order valence-electron chi connectivity index (χ2n) is 4.42. The summed E-state index contributed by atoms with van der Waals surface area (Å²) in [6.45, 7) is 5.17. The highest BCUT2D eigenvalue weighted by Crippen LogP contribution is 2.22. The van der Waals surface area contributed by atoms with Gasteiger partial charge in [-0.15, -0.1) is 0 Å². The van der Waals surface area contributed by atoms with E-state index in [0.717, 1.165) is 17.7 Å². The van der Waals surface area contributed by atoms with Gasteiger partial charge < -0.3 is 10.1 Å². The molecule has 20 heavy (non-hydrogen) atoms. The topological polar surface area (TPSA) is 41.6 Å². The van der Waals surface area contributed by atoms with Gasteiger partial charge in [-0.05, 0) is 37.7 Å². The molecule has 0 saturated carbocycles. The standard InChI is InChI=1S/C15H18N2O2S/c1-3-9-17-14(18)12(16-15(17)20)10-11-7-5-6-8-13(11)19-4-2/h5-8,10H,3-4,9H2,1-2H3,(H,16,20)/b12-10-. The van der Waals surface area contributed by atoms with Crippen LogP contribution in [-0.2, 0) is 4.79 Å². The van der Waals surface area contributed by atoms with Crippen LogP contribution in [0.25, 0.3) is 6.08 Å². The summed E-state index contributed by atoms with van der Waals surface area (Å²) < 4.78 is 5.55. The van der Waals surface area contributed by atoms with Crippen molar-refractivity contribution in [2.45, 2.75) is 20.3 Å². The first-order valence-electron chi connectivity index (χ1n) is 6.73. The van der Waals surface area contributed by atoms with Gasteiger partial charge in [-0.1, -0.05) is 25.1 Å². The zero-order chi connectivity index (χ0) is 14.5. The van der Waals surface area contributed by atoms with Crippen LogP contribution in [0.3, 0.4) is 0 Å². The Morgan fingerprint density at radius 3 is 2.80 bits per heavy atom. The molecule has 5 heteroatoms. The lowest BCUT2D eigenvalue weighted by Crippen LogP contribution is -2.31. The van der Waals surface area contributed by atoms with Crippen LogP contribution in [0.1, 0.15) is 25.8 Å². The molecule has 106 valence electrons. The van der Waals surface area contributed by atoms with Crippen LogP contribution in [0.5, 0.6) is 5.75 Å². The summed E-state index contributed by atoms with van der Waals surface area (Å²) in [6.07, 6.45) is 2.66. The molecule has 1 N–H and O–H groups in total. The molecule has 0 spiro atoms. The highest BCUT2D eigenvalue weighted by molar-refractivity contribution is 7.80. The summed E-state index contributed by atoms with van der Waals surface area (Å²) in [6, 6.07) is 7.62. The Hall–Kier alpha value is -1.88. The molecule has 0 aliphatic carbocycles. The molecule has 1 aliphatic rings. The van der Waals surface area contributed by atoms with Gasteiger partial charge in [0.15, 0.2) is 5.11 Å². The fourth-order valence-corrected chi connectivity index (χ4v) is 2.32. The van der Waals surface area contributed by atoms with Gasteiger partial charge in [0.05, 0.1) is 6.61 Å². The number of carbonyl (C=O) groups is 1. The average molecular weight is 290 g/mol. The molecular weight excluding hydrogens is 272 g/mol. The van der Waals surface area contributed by atoms with Crippen LogP contribution in [0.15, 0.2) is 30.0 Å².